The minimum Gasteiger partial charge on any atom is -0.265 e. The van der Waals surface area contributed by atoms with Gasteiger partial charge in [0.15, 0.2) is 0 Å². The smallest absolute Gasteiger partial charge is 0.148 e. The summed E-state index contributed by atoms with van der Waals surface area (Å²) in [6.45, 7) is 2.69. The lowest BCUT2D eigenvalue weighted by atomic mass is 10.4. The third-order valence-corrected chi connectivity index (χ3v) is 1.87. The fourth-order valence-corrected chi connectivity index (χ4v) is 1.16. The number of aromatic nitrogens is 5. The molecule has 0 aliphatic heterocycles. The molecule has 0 bridgehead atoms. The Morgan fingerprint density at radius 3 is 2.77 bits per heavy atom. The normalized spacial score (nSPS) is 10.6. The largest absolute Gasteiger partial charge is 0.265 e. The monoisotopic (exact) mass is 177 g/mol. The van der Waals surface area contributed by atoms with E-state index in [1.165, 1.54) is 0 Å². The fraction of sp³-hybridized carbons (Fsp3) is 0.375. The highest BCUT2D eigenvalue weighted by atomic mass is 15.3. The second kappa shape index (κ2) is 3.01. The van der Waals surface area contributed by atoms with Crippen molar-refractivity contribution in [3.8, 4) is 0 Å². The van der Waals surface area contributed by atoms with Gasteiger partial charge < -0.3 is 0 Å². The highest BCUT2D eigenvalue weighted by Crippen LogP contribution is 1.98. The second-order valence-electron chi connectivity index (χ2n) is 3.02. The molecule has 0 N–H and O–H groups in total. The summed E-state index contributed by atoms with van der Waals surface area (Å²) in [6, 6.07) is 0. The average Bonchev–Trinajstić information content (AvgIpc) is 2.64. The van der Waals surface area contributed by atoms with Gasteiger partial charge in [0.1, 0.15) is 18.7 Å². The molecule has 5 heteroatoms. The SMILES string of the molecule is Cc1cnn(Cc2ncnn2C)c1. The van der Waals surface area contributed by atoms with E-state index in [1.54, 1.807) is 11.0 Å². The first-order valence-electron chi connectivity index (χ1n) is 4.07. The fourth-order valence-electron chi connectivity index (χ4n) is 1.16. The Labute approximate surface area is 76.0 Å². The maximum absolute atomic E-state index is 4.17. The van der Waals surface area contributed by atoms with E-state index in [-0.39, 0.29) is 0 Å². The molecule has 0 radical (unpaired) electrons. The van der Waals surface area contributed by atoms with Crippen LogP contribution in [0.5, 0.6) is 0 Å². The van der Waals surface area contributed by atoms with Crippen molar-refractivity contribution in [2.45, 2.75) is 13.5 Å². The van der Waals surface area contributed by atoms with Crippen LogP contribution >= 0.6 is 0 Å². The summed E-state index contributed by atoms with van der Waals surface area (Å²) in [5, 5.41) is 8.15. The van der Waals surface area contributed by atoms with Crippen LogP contribution < -0.4 is 0 Å². The van der Waals surface area contributed by atoms with Crippen LogP contribution in [0, 0.1) is 6.92 Å². The number of hydrogen-bond donors (Lipinski definition) is 0. The topological polar surface area (TPSA) is 48.5 Å². The van der Waals surface area contributed by atoms with Crippen LogP contribution in [0.15, 0.2) is 18.7 Å². The van der Waals surface area contributed by atoms with Gasteiger partial charge in [-0.15, -0.1) is 0 Å². The van der Waals surface area contributed by atoms with Crippen molar-refractivity contribution in [2.75, 3.05) is 0 Å². The van der Waals surface area contributed by atoms with E-state index in [2.05, 4.69) is 15.2 Å². The Balaban J connectivity index is 2.19. The Bertz CT molecular complexity index is 400. The molecule has 13 heavy (non-hydrogen) atoms. The van der Waals surface area contributed by atoms with E-state index < -0.39 is 0 Å². The van der Waals surface area contributed by atoms with E-state index in [9.17, 15) is 0 Å². The van der Waals surface area contributed by atoms with Gasteiger partial charge in [-0.1, -0.05) is 0 Å². The van der Waals surface area contributed by atoms with Gasteiger partial charge in [-0.2, -0.15) is 10.2 Å². The molecule has 0 saturated carbocycles. The van der Waals surface area contributed by atoms with Crippen LogP contribution in [0.1, 0.15) is 11.4 Å². The third kappa shape index (κ3) is 1.58. The van der Waals surface area contributed by atoms with Crippen LogP contribution in [-0.2, 0) is 13.6 Å². The summed E-state index contributed by atoms with van der Waals surface area (Å²) in [7, 11) is 1.87. The van der Waals surface area contributed by atoms with Crippen molar-refractivity contribution in [1.29, 1.82) is 0 Å². The lowest BCUT2D eigenvalue weighted by Crippen LogP contribution is -2.06. The van der Waals surface area contributed by atoms with Crippen molar-refractivity contribution in [1.82, 2.24) is 24.5 Å². The van der Waals surface area contributed by atoms with Crippen LogP contribution in [0.3, 0.4) is 0 Å². The number of aryl methyl sites for hydroxylation is 2. The van der Waals surface area contributed by atoms with Gasteiger partial charge in [-0.05, 0) is 12.5 Å². The van der Waals surface area contributed by atoms with Crippen LogP contribution in [-0.4, -0.2) is 24.5 Å². The number of hydrogen-bond acceptors (Lipinski definition) is 3. The molecule has 0 atom stereocenters. The van der Waals surface area contributed by atoms with Crippen molar-refractivity contribution in [2.24, 2.45) is 7.05 Å². The minimum absolute atomic E-state index is 0.671. The van der Waals surface area contributed by atoms with Crippen LogP contribution in [0.25, 0.3) is 0 Å². The van der Waals surface area contributed by atoms with Gasteiger partial charge in [-0.25, -0.2) is 4.98 Å². The molecule has 2 aromatic heterocycles. The Kier molecular flexibility index (Phi) is 1.84. The van der Waals surface area contributed by atoms with Crippen molar-refractivity contribution < 1.29 is 0 Å². The van der Waals surface area contributed by atoms with E-state index >= 15 is 0 Å². The van der Waals surface area contributed by atoms with Gasteiger partial charge in [0.05, 0.1) is 6.20 Å². The maximum atomic E-state index is 4.17. The molecule has 0 spiro atoms. The summed E-state index contributed by atoms with van der Waals surface area (Å²) in [4.78, 5) is 4.11. The van der Waals surface area contributed by atoms with Crippen molar-refractivity contribution >= 4 is 0 Å². The molecular formula is C8H11N5. The Morgan fingerprint density at radius 1 is 1.38 bits per heavy atom. The molecule has 0 aliphatic carbocycles. The van der Waals surface area contributed by atoms with Crippen molar-refractivity contribution in [3.05, 3.63) is 30.1 Å². The molecule has 0 aliphatic rings. The first-order chi connectivity index (χ1) is 6.25. The predicted molar refractivity (Wildman–Crippen MR) is 47.1 cm³/mol. The third-order valence-electron chi connectivity index (χ3n) is 1.87. The summed E-state index contributed by atoms with van der Waals surface area (Å²) < 4.78 is 3.59. The second-order valence-corrected chi connectivity index (χ2v) is 3.02. The molecule has 0 fully saturated rings. The first-order valence-corrected chi connectivity index (χ1v) is 4.07. The van der Waals surface area contributed by atoms with Gasteiger partial charge in [0.25, 0.3) is 0 Å². The predicted octanol–water partition coefficient (Wildman–Crippen LogP) is 0.368. The van der Waals surface area contributed by atoms with Gasteiger partial charge in [0, 0.05) is 13.2 Å². The minimum atomic E-state index is 0.671. The highest BCUT2D eigenvalue weighted by molar-refractivity contribution is 5.00. The molecule has 0 aromatic carbocycles. The lowest BCUT2D eigenvalue weighted by Gasteiger charge is -1.99. The molecule has 0 unspecified atom stereocenters. The molecular weight excluding hydrogens is 166 g/mol. The standard InChI is InChI=1S/C8H11N5/c1-7-3-10-13(4-7)5-8-9-6-11-12(8)2/h3-4,6H,5H2,1-2H3. The summed E-state index contributed by atoms with van der Waals surface area (Å²) in [6.07, 6.45) is 5.36. The van der Waals surface area contributed by atoms with E-state index in [0.717, 1.165) is 11.4 Å². The number of rotatable bonds is 2. The zero-order valence-corrected chi connectivity index (χ0v) is 7.68. The molecule has 2 heterocycles. The molecule has 2 rings (SSSR count). The number of nitrogens with zero attached hydrogens (tertiary/aromatic N) is 5. The van der Waals surface area contributed by atoms with Gasteiger partial charge in [-0.3, -0.25) is 9.36 Å². The summed E-state index contributed by atoms with van der Waals surface area (Å²) in [5.74, 6) is 0.906. The first kappa shape index (κ1) is 7.97. The molecule has 5 nitrogen and oxygen atoms in total. The molecule has 0 amide bonds. The van der Waals surface area contributed by atoms with Crippen LogP contribution in [0.4, 0.5) is 0 Å². The Morgan fingerprint density at radius 2 is 2.23 bits per heavy atom. The molecule has 68 valence electrons. The summed E-state index contributed by atoms with van der Waals surface area (Å²) in [5.41, 5.74) is 1.15. The zero-order chi connectivity index (χ0) is 9.26. The van der Waals surface area contributed by atoms with Crippen molar-refractivity contribution in [3.63, 3.8) is 0 Å². The van der Waals surface area contributed by atoms with E-state index in [1.807, 2.05) is 31.0 Å². The zero-order valence-electron chi connectivity index (χ0n) is 7.68. The van der Waals surface area contributed by atoms with Crippen LogP contribution in [0.2, 0.25) is 0 Å². The van der Waals surface area contributed by atoms with Gasteiger partial charge >= 0.3 is 0 Å². The molecule has 2 aromatic rings. The lowest BCUT2D eigenvalue weighted by molar-refractivity contribution is 0.608. The van der Waals surface area contributed by atoms with E-state index in [0.29, 0.717) is 6.54 Å². The summed E-state index contributed by atoms with van der Waals surface area (Å²) >= 11 is 0. The maximum Gasteiger partial charge on any atom is 0.148 e. The average molecular weight is 177 g/mol. The Hall–Kier alpha value is -1.65. The highest BCUT2D eigenvalue weighted by Gasteiger charge is 2.01. The molecule has 0 saturated heterocycles. The van der Waals surface area contributed by atoms with Gasteiger partial charge in [0.2, 0.25) is 0 Å². The van der Waals surface area contributed by atoms with E-state index in [4.69, 9.17) is 0 Å². The quantitative estimate of drug-likeness (QED) is 0.665.